The van der Waals surface area contributed by atoms with E-state index in [-0.39, 0.29) is 0 Å². The zero-order valence-corrected chi connectivity index (χ0v) is 12.2. The van der Waals surface area contributed by atoms with Crippen LogP contribution in [0.25, 0.3) is 0 Å². The van der Waals surface area contributed by atoms with Crippen LogP contribution in [0.1, 0.15) is 50.1 Å². The highest BCUT2D eigenvalue weighted by Crippen LogP contribution is 2.36. The lowest BCUT2D eigenvalue weighted by Crippen LogP contribution is -2.20. The van der Waals surface area contributed by atoms with Gasteiger partial charge in [0.15, 0.2) is 0 Å². The number of pyridine rings is 1. The minimum atomic E-state index is 0.394. The number of ether oxygens (including phenoxy) is 1. The van der Waals surface area contributed by atoms with Crippen LogP contribution in [0.4, 0.5) is 0 Å². The monoisotopic (exact) mass is 273 g/mol. The van der Waals surface area contributed by atoms with Gasteiger partial charge in [-0.25, -0.2) is 10.2 Å². The van der Waals surface area contributed by atoms with Crippen molar-refractivity contribution in [3.05, 3.63) is 23.9 Å². The van der Waals surface area contributed by atoms with E-state index in [0.717, 1.165) is 5.88 Å². The van der Waals surface area contributed by atoms with Crippen molar-refractivity contribution >= 4 is 0 Å². The molecule has 2 fully saturated rings. The fourth-order valence-electron chi connectivity index (χ4n) is 3.22. The lowest BCUT2D eigenvalue weighted by molar-refractivity contribution is 0.193. The van der Waals surface area contributed by atoms with Crippen molar-refractivity contribution in [2.45, 2.75) is 50.7 Å². The summed E-state index contributed by atoms with van der Waals surface area (Å²) in [4.78, 5) is 6.89. The fourth-order valence-corrected chi connectivity index (χ4v) is 3.22. The van der Waals surface area contributed by atoms with Gasteiger partial charge in [0.1, 0.15) is 6.10 Å². The van der Waals surface area contributed by atoms with Crippen LogP contribution in [0.15, 0.2) is 18.3 Å². The number of hydrogen-bond acceptors (Lipinski definition) is 4. The van der Waals surface area contributed by atoms with Crippen molar-refractivity contribution < 1.29 is 4.74 Å². The Labute approximate surface area is 121 Å². The molecule has 1 aromatic rings. The maximum Gasteiger partial charge on any atom is 0.218 e. The molecule has 1 aromatic heterocycles. The van der Waals surface area contributed by atoms with Crippen molar-refractivity contribution in [1.29, 1.82) is 5.26 Å². The molecular weight excluding hydrogens is 250 g/mol. The van der Waals surface area contributed by atoms with Crippen molar-refractivity contribution in [2.75, 3.05) is 13.6 Å². The predicted octanol–water partition coefficient (Wildman–Crippen LogP) is 3.31. The summed E-state index contributed by atoms with van der Waals surface area (Å²) in [7, 11) is 2.20. The van der Waals surface area contributed by atoms with Gasteiger partial charge in [-0.3, -0.25) is 4.90 Å². The Bertz CT molecular complexity index is 440. The molecule has 1 saturated heterocycles. The minimum Gasteiger partial charge on any atom is -0.474 e. The maximum absolute atomic E-state index is 6.50. The van der Waals surface area contributed by atoms with Crippen LogP contribution >= 0.6 is 0 Å². The van der Waals surface area contributed by atoms with E-state index < -0.39 is 0 Å². The Hall–Kier alpha value is -1.60. The maximum atomic E-state index is 6.50. The Morgan fingerprint density at radius 1 is 1.25 bits per heavy atom. The van der Waals surface area contributed by atoms with E-state index in [9.17, 15) is 0 Å². The van der Waals surface area contributed by atoms with Gasteiger partial charge in [0, 0.05) is 24.4 Å². The Morgan fingerprint density at radius 2 is 2.00 bits per heavy atom. The SMILES string of the molecule is C#N.CN1CCCC1c1cccnc1OC1CCCC1. The van der Waals surface area contributed by atoms with Crippen LogP contribution < -0.4 is 4.74 Å². The summed E-state index contributed by atoms with van der Waals surface area (Å²) in [5.41, 5.74) is 1.28. The Morgan fingerprint density at radius 3 is 2.65 bits per heavy atom. The van der Waals surface area contributed by atoms with Crippen molar-refractivity contribution in [1.82, 2.24) is 9.88 Å². The van der Waals surface area contributed by atoms with Crippen LogP contribution in [0.5, 0.6) is 5.88 Å². The molecule has 2 aliphatic rings. The molecule has 108 valence electrons. The first-order chi connectivity index (χ1) is 9.84. The van der Waals surface area contributed by atoms with Gasteiger partial charge >= 0.3 is 0 Å². The van der Waals surface area contributed by atoms with Gasteiger partial charge in [-0.15, -0.1) is 0 Å². The molecule has 20 heavy (non-hydrogen) atoms. The number of nitriles is 1. The van der Waals surface area contributed by atoms with Gasteiger partial charge in [0.25, 0.3) is 0 Å². The van der Waals surface area contributed by atoms with Crippen molar-refractivity contribution in [3.63, 3.8) is 0 Å². The van der Waals surface area contributed by atoms with Gasteiger partial charge in [0.2, 0.25) is 5.88 Å². The third-order valence-corrected chi connectivity index (χ3v) is 4.26. The van der Waals surface area contributed by atoms with E-state index in [4.69, 9.17) is 10.00 Å². The highest BCUT2D eigenvalue weighted by atomic mass is 16.5. The molecule has 1 aliphatic carbocycles. The smallest absolute Gasteiger partial charge is 0.218 e. The average molecular weight is 273 g/mol. The largest absolute Gasteiger partial charge is 0.474 e. The molecule has 1 saturated carbocycles. The third kappa shape index (κ3) is 3.29. The van der Waals surface area contributed by atoms with Gasteiger partial charge in [-0.05, 0) is 58.2 Å². The van der Waals surface area contributed by atoms with Crippen LogP contribution in [0.2, 0.25) is 0 Å². The normalized spacial score (nSPS) is 23.2. The summed E-state index contributed by atoms with van der Waals surface area (Å²) in [6.45, 7) is 4.68. The summed E-state index contributed by atoms with van der Waals surface area (Å²) in [6.07, 6.45) is 9.73. The summed E-state index contributed by atoms with van der Waals surface area (Å²) in [6, 6.07) is 4.71. The molecular formula is C16H23N3O. The molecule has 0 aromatic carbocycles. The van der Waals surface area contributed by atoms with E-state index >= 15 is 0 Å². The van der Waals surface area contributed by atoms with Gasteiger partial charge in [-0.2, -0.15) is 0 Å². The van der Waals surface area contributed by atoms with Crippen LogP contribution in [0, 0.1) is 11.8 Å². The molecule has 1 aliphatic heterocycles. The number of aromatic nitrogens is 1. The first-order valence-corrected chi connectivity index (χ1v) is 7.42. The van der Waals surface area contributed by atoms with E-state index in [1.807, 2.05) is 12.3 Å². The zero-order chi connectivity index (χ0) is 14.4. The topological polar surface area (TPSA) is 49.2 Å². The molecule has 0 spiro atoms. The summed E-state index contributed by atoms with van der Waals surface area (Å²) in [5, 5.41) is 6.50. The molecule has 2 heterocycles. The minimum absolute atomic E-state index is 0.394. The Kier molecular flexibility index (Phi) is 5.37. The fraction of sp³-hybridized carbons (Fsp3) is 0.625. The number of likely N-dealkylation sites (tertiary alicyclic amines) is 1. The molecule has 0 N–H and O–H groups in total. The van der Waals surface area contributed by atoms with Crippen molar-refractivity contribution in [2.24, 2.45) is 0 Å². The second kappa shape index (κ2) is 7.25. The second-order valence-electron chi connectivity index (χ2n) is 5.56. The molecule has 1 unspecified atom stereocenters. The van der Waals surface area contributed by atoms with Gasteiger partial charge in [0.05, 0.1) is 0 Å². The number of nitrogens with zero attached hydrogens (tertiary/aromatic N) is 3. The summed E-state index contributed by atoms with van der Waals surface area (Å²) < 4.78 is 6.13. The van der Waals surface area contributed by atoms with Gasteiger partial charge < -0.3 is 4.74 Å². The van der Waals surface area contributed by atoms with E-state index in [0.29, 0.717) is 12.1 Å². The molecule has 0 radical (unpaired) electrons. The third-order valence-electron chi connectivity index (χ3n) is 4.26. The van der Waals surface area contributed by atoms with Gasteiger partial charge in [-0.1, -0.05) is 6.07 Å². The molecule has 1 atom stereocenters. The number of hydrogen-bond donors (Lipinski definition) is 0. The first-order valence-electron chi connectivity index (χ1n) is 7.42. The zero-order valence-electron chi connectivity index (χ0n) is 12.2. The van der Waals surface area contributed by atoms with E-state index in [1.165, 1.54) is 50.6 Å². The first kappa shape index (κ1) is 14.8. The summed E-state index contributed by atoms with van der Waals surface area (Å²) >= 11 is 0. The molecule has 0 amide bonds. The number of rotatable bonds is 3. The molecule has 4 heteroatoms. The second-order valence-corrected chi connectivity index (χ2v) is 5.56. The van der Waals surface area contributed by atoms with E-state index in [1.54, 1.807) is 0 Å². The van der Waals surface area contributed by atoms with Crippen LogP contribution in [-0.2, 0) is 0 Å². The van der Waals surface area contributed by atoms with Crippen LogP contribution in [-0.4, -0.2) is 29.6 Å². The van der Waals surface area contributed by atoms with E-state index in [2.05, 4.69) is 29.6 Å². The highest BCUT2D eigenvalue weighted by Gasteiger charge is 2.27. The van der Waals surface area contributed by atoms with Crippen molar-refractivity contribution in [3.8, 4) is 12.5 Å². The molecule has 4 nitrogen and oxygen atoms in total. The van der Waals surface area contributed by atoms with Crippen LogP contribution in [0.3, 0.4) is 0 Å². The Balaban J connectivity index is 0.000000704. The predicted molar refractivity (Wildman–Crippen MR) is 78.4 cm³/mol. The highest BCUT2D eigenvalue weighted by molar-refractivity contribution is 5.30. The lowest BCUT2D eigenvalue weighted by Gasteiger charge is -2.23. The molecule has 0 bridgehead atoms. The summed E-state index contributed by atoms with van der Waals surface area (Å²) in [5.74, 6) is 0.878. The lowest BCUT2D eigenvalue weighted by atomic mass is 10.1. The quantitative estimate of drug-likeness (QED) is 0.847. The standard InChI is InChI=1S/C15H22N2O.CHN/c1-17-11-5-9-14(17)13-8-4-10-16-15(13)18-12-6-2-3-7-12;1-2/h4,8,10,12,14H,2-3,5-7,9,11H2,1H3;1H. The average Bonchev–Trinajstić information content (AvgIpc) is 3.14. The molecule has 3 rings (SSSR count).